The zero-order valence-corrected chi connectivity index (χ0v) is 36.6. The second kappa shape index (κ2) is 17.1. The average molecular weight is 871 g/mol. The molecule has 0 fully saturated rings. The number of nitriles is 1. The Bertz CT molecular complexity index is 2280. The van der Waals surface area contributed by atoms with E-state index in [2.05, 4.69) is 26.7 Å². The highest BCUT2D eigenvalue weighted by molar-refractivity contribution is 7.48. The van der Waals surface area contributed by atoms with Crippen molar-refractivity contribution >= 4 is 60.4 Å². The lowest BCUT2D eigenvalue weighted by Crippen LogP contribution is -2.55. The number of hydrogen-bond donors (Lipinski definition) is 2. The summed E-state index contributed by atoms with van der Waals surface area (Å²) in [5.41, 5.74) is -3.07. The Balaban J connectivity index is 1.59. The van der Waals surface area contributed by atoms with Gasteiger partial charge in [-0.3, -0.25) is 37.5 Å². The molecule has 0 aliphatic carbocycles. The van der Waals surface area contributed by atoms with E-state index >= 15 is 0 Å². The van der Waals surface area contributed by atoms with Gasteiger partial charge in [-0.15, -0.1) is 0 Å². The minimum absolute atomic E-state index is 0.00373. The van der Waals surface area contributed by atoms with Crippen LogP contribution < -0.4 is 15.5 Å². The number of benzene rings is 2. The lowest BCUT2D eigenvalue weighted by molar-refractivity contribution is -0.126. The molecule has 3 atom stereocenters. The second-order valence-electron chi connectivity index (χ2n) is 16.5. The molecule has 0 saturated heterocycles. The van der Waals surface area contributed by atoms with E-state index in [1.165, 1.54) is 27.8 Å². The van der Waals surface area contributed by atoms with Crippen LogP contribution in [0.2, 0.25) is 10.0 Å². The van der Waals surface area contributed by atoms with Gasteiger partial charge in [0.1, 0.15) is 17.3 Å². The molecule has 2 aromatic carbocycles. The third-order valence-electron chi connectivity index (χ3n) is 9.32. The summed E-state index contributed by atoms with van der Waals surface area (Å²) in [5, 5.41) is 14.4. The number of pyridine rings is 1. The largest absolute Gasteiger partial charge is 0.475 e. The Labute approximate surface area is 353 Å². The van der Waals surface area contributed by atoms with Crippen molar-refractivity contribution in [3.63, 3.8) is 0 Å². The number of imidazole rings is 1. The van der Waals surface area contributed by atoms with Gasteiger partial charge in [0, 0.05) is 12.6 Å². The Kier molecular flexibility index (Phi) is 13.2. The number of fused-ring (bicyclic) bond motifs is 1. The average Bonchev–Trinajstić information content (AvgIpc) is 3.68. The standard InChI is InChI=1S/C41H47Cl2FN7O7P/c1-10-40(8,32-13-11-12-18-46-32)49-34(52)30(24-56-59(55,57-38(2,3)4)58-39(5,6)7)48-35(53)31-23-47-37-50(27-19-28(42)33(44)29(43)20-27)36(54)41(9,51(31)37)21-25-14-16-26(22-45)17-15-25/h11-20,23,30H,10,21,24H2,1-9H3,(H,48,53)(H,49,52)/t30-,40?,41+/m0/s1. The SMILES string of the molecule is CCC(C)(NC(=O)[C@H](COP(=O)(OC(C)(C)C)OC(C)(C)C)NC(=O)c1cnc2n1[C@](C)(Cc1ccc(C#N)cc1)C(=O)N2c1cc(Cl)c(F)c(Cl)c1)c1ccccn1. The van der Waals surface area contributed by atoms with E-state index in [0.29, 0.717) is 23.2 Å². The third kappa shape index (κ3) is 10.2. The molecular formula is C41H47Cl2FN7O7P. The first-order chi connectivity index (χ1) is 27.4. The fourth-order valence-electron chi connectivity index (χ4n) is 6.43. The van der Waals surface area contributed by atoms with E-state index in [1.54, 1.807) is 104 Å². The van der Waals surface area contributed by atoms with Crippen LogP contribution in [0.4, 0.5) is 16.0 Å². The summed E-state index contributed by atoms with van der Waals surface area (Å²) in [6, 6.07) is 14.8. The Morgan fingerprint density at radius 2 is 1.61 bits per heavy atom. The van der Waals surface area contributed by atoms with Crippen molar-refractivity contribution in [2.24, 2.45) is 0 Å². The molecule has 0 radical (unpaired) electrons. The molecule has 4 aromatic rings. The molecule has 314 valence electrons. The number of halogens is 3. The van der Waals surface area contributed by atoms with Crippen molar-refractivity contribution in [3.05, 3.63) is 105 Å². The monoisotopic (exact) mass is 869 g/mol. The topological polar surface area (TPSA) is 178 Å². The summed E-state index contributed by atoms with van der Waals surface area (Å²) in [4.78, 5) is 53.6. The number of amides is 3. The highest BCUT2D eigenvalue weighted by Crippen LogP contribution is 2.55. The van der Waals surface area contributed by atoms with E-state index in [-0.39, 0.29) is 33.8 Å². The van der Waals surface area contributed by atoms with Crippen LogP contribution in [0.5, 0.6) is 0 Å². The lowest BCUT2D eigenvalue weighted by atomic mass is 9.91. The molecule has 0 bridgehead atoms. The molecule has 1 aliphatic heterocycles. The maximum Gasteiger partial charge on any atom is 0.475 e. The first-order valence-corrected chi connectivity index (χ1v) is 20.9. The molecule has 5 rings (SSSR count). The first-order valence-electron chi connectivity index (χ1n) is 18.7. The highest BCUT2D eigenvalue weighted by Gasteiger charge is 2.51. The van der Waals surface area contributed by atoms with Crippen LogP contribution in [0.25, 0.3) is 0 Å². The van der Waals surface area contributed by atoms with Crippen molar-refractivity contribution < 1.29 is 36.9 Å². The number of nitrogens with zero attached hydrogens (tertiary/aromatic N) is 5. The van der Waals surface area contributed by atoms with Gasteiger partial charge in [-0.05, 0) is 104 Å². The van der Waals surface area contributed by atoms with Crippen molar-refractivity contribution in [2.45, 2.75) is 103 Å². The summed E-state index contributed by atoms with van der Waals surface area (Å²) in [6.07, 6.45) is 3.22. The molecule has 14 nitrogen and oxygen atoms in total. The maximum atomic E-state index is 14.6. The van der Waals surface area contributed by atoms with Crippen LogP contribution >= 0.6 is 31.0 Å². The van der Waals surface area contributed by atoms with Gasteiger partial charge in [0.25, 0.3) is 11.8 Å². The van der Waals surface area contributed by atoms with E-state index < -0.39 is 66.3 Å². The Morgan fingerprint density at radius 1 is 1.00 bits per heavy atom. The molecule has 2 aromatic heterocycles. The molecule has 2 N–H and O–H groups in total. The summed E-state index contributed by atoms with van der Waals surface area (Å²) in [6.45, 7) is 14.5. The van der Waals surface area contributed by atoms with Crippen LogP contribution in [0.3, 0.4) is 0 Å². The van der Waals surface area contributed by atoms with Crippen molar-refractivity contribution in [2.75, 3.05) is 11.5 Å². The van der Waals surface area contributed by atoms with Crippen molar-refractivity contribution in [3.8, 4) is 6.07 Å². The molecule has 18 heteroatoms. The van der Waals surface area contributed by atoms with Crippen molar-refractivity contribution in [1.29, 1.82) is 5.26 Å². The number of phosphoric ester groups is 1. The number of anilines is 2. The van der Waals surface area contributed by atoms with E-state index in [1.807, 2.05) is 6.92 Å². The quantitative estimate of drug-likeness (QED) is 0.0922. The summed E-state index contributed by atoms with van der Waals surface area (Å²) >= 11 is 12.3. The maximum absolute atomic E-state index is 14.6. The minimum atomic E-state index is -4.40. The Morgan fingerprint density at radius 3 is 2.14 bits per heavy atom. The number of nitrogens with one attached hydrogen (secondary N) is 2. The van der Waals surface area contributed by atoms with Gasteiger partial charge < -0.3 is 10.6 Å². The summed E-state index contributed by atoms with van der Waals surface area (Å²) in [7, 11) is -4.40. The number of hydrogen-bond acceptors (Lipinski definition) is 10. The van der Waals surface area contributed by atoms with Gasteiger partial charge in [-0.2, -0.15) is 5.26 Å². The Hall–Kier alpha value is -4.68. The molecule has 3 heterocycles. The molecule has 3 amide bonds. The smallest absolute Gasteiger partial charge is 0.343 e. The predicted octanol–water partition coefficient (Wildman–Crippen LogP) is 8.53. The zero-order chi connectivity index (χ0) is 43.7. The van der Waals surface area contributed by atoms with Gasteiger partial charge >= 0.3 is 7.82 Å². The fourth-order valence-corrected chi connectivity index (χ4v) is 8.72. The number of aromatic nitrogens is 3. The normalized spacial score (nSPS) is 17.2. The van der Waals surface area contributed by atoms with E-state index in [4.69, 9.17) is 36.8 Å². The van der Waals surface area contributed by atoms with Crippen molar-refractivity contribution in [1.82, 2.24) is 25.2 Å². The number of phosphoric acid groups is 1. The van der Waals surface area contributed by atoms with Crippen LogP contribution in [0, 0.1) is 17.1 Å². The third-order valence-corrected chi connectivity index (χ3v) is 11.9. The van der Waals surface area contributed by atoms with Crippen LogP contribution in [-0.2, 0) is 45.2 Å². The highest BCUT2D eigenvalue weighted by atomic mass is 35.5. The van der Waals surface area contributed by atoms with Gasteiger partial charge in [0.15, 0.2) is 5.82 Å². The predicted molar refractivity (Wildman–Crippen MR) is 221 cm³/mol. The second-order valence-corrected chi connectivity index (χ2v) is 18.8. The number of carbonyl (C=O) groups is 3. The first kappa shape index (κ1) is 45.4. The van der Waals surface area contributed by atoms with Crippen LogP contribution in [0.1, 0.15) is 96.0 Å². The van der Waals surface area contributed by atoms with E-state index in [9.17, 15) is 28.6 Å². The fraction of sp³-hybridized carbons (Fsp3) is 0.415. The minimum Gasteiger partial charge on any atom is -0.343 e. The van der Waals surface area contributed by atoms with E-state index in [0.717, 1.165) is 0 Å². The summed E-state index contributed by atoms with van der Waals surface area (Å²) < 4.78 is 47.5. The van der Waals surface area contributed by atoms with Gasteiger partial charge in [-0.1, -0.05) is 48.3 Å². The molecule has 1 aliphatic rings. The molecule has 1 unspecified atom stereocenters. The number of carbonyl (C=O) groups excluding carboxylic acids is 3. The lowest BCUT2D eigenvalue weighted by Gasteiger charge is -2.33. The molecular weight excluding hydrogens is 823 g/mol. The summed E-state index contributed by atoms with van der Waals surface area (Å²) in [5.74, 6) is -3.05. The molecule has 59 heavy (non-hydrogen) atoms. The van der Waals surface area contributed by atoms with Crippen LogP contribution in [-0.4, -0.2) is 56.1 Å². The molecule has 0 saturated carbocycles. The number of rotatable bonds is 14. The van der Waals surface area contributed by atoms with Gasteiger partial charge in [-0.25, -0.2) is 18.8 Å². The zero-order valence-electron chi connectivity index (χ0n) is 34.2. The molecule has 0 spiro atoms. The van der Waals surface area contributed by atoms with Gasteiger partial charge in [0.05, 0.1) is 62.6 Å². The van der Waals surface area contributed by atoms with Crippen LogP contribution in [0.15, 0.2) is 67.0 Å². The van der Waals surface area contributed by atoms with Gasteiger partial charge in [0.2, 0.25) is 11.9 Å².